The van der Waals surface area contributed by atoms with Crippen LogP contribution in [0.15, 0.2) is 0 Å². The Bertz CT molecular complexity index is 166. The van der Waals surface area contributed by atoms with Crippen molar-refractivity contribution < 1.29 is 4.74 Å². The normalized spacial score (nSPS) is 22.6. The molecule has 0 N–H and O–H groups in total. The maximum Gasteiger partial charge on any atom is 0.110 e. The lowest BCUT2D eigenvalue weighted by molar-refractivity contribution is 0.0149. The molecule has 0 aromatic carbocycles. The number of hydrogen-bond acceptors (Lipinski definition) is 1. The standard InChI is InChI=1S/C15H31OS/c1-3-5-6-9-13-17(4-2)14-11-15-10-7-8-12-16-15/h15H,3-14H2,1-2H3/q+1. The van der Waals surface area contributed by atoms with Gasteiger partial charge in [-0.25, -0.2) is 0 Å². The first-order valence-electron chi connectivity index (χ1n) is 7.62. The molecule has 1 fully saturated rings. The van der Waals surface area contributed by atoms with E-state index in [0.717, 1.165) is 6.61 Å². The Morgan fingerprint density at radius 1 is 1.06 bits per heavy atom. The third-order valence-electron chi connectivity index (χ3n) is 3.70. The van der Waals surface area contributed by atoms with Gasteiger partial charge < -0.3 is 4.74 Å². The summed E-state index contributed by atoms with van der Waals surface area (Å²) in [6.07, 6.45) is 11.6. The molecule has 0 aliphatic carbocycles. The van der Waals surface area contributed by atoms with Crippen molar-refractivity contribution in [3.63, 3.8) is 0 Å². The van der Waals surface area contributed by atoms with Crippen LogP contribution in [0, 0.1) is 0 Å². The lowest BCUT2D eigenvalue weighted by Gasteiger charge is -2.22. The van der Waals surface area contributed by atoms with Crippen LogP contribution in [0.5, 0.6) is 0 Å². The summed E-state index contributed by atoms with van der Waals surface area (Å²) in [5.74, 6) is 4.29. The smallest absolute Gasteiger partial charge is 0.110 e. The zero-order chi connectivity index (χ0) is 12.3. The van der Waals surface area contributed by atoms with Gasteiger partial charge in [0, 0.05) is 13.0 Å². The molecule has 1 nitrogen and oxygen atoms in total. The molecule has 1 rings (SSSR count). The van der Waals surface area contributed by atoms with Crippen molar-refractivity contribution in [3.05, 3.63) is 0 Å². The topological polar surface area (TPSA) is 9.23 Å². The predicted molar refractivity (Wildman–Crippen MR) is 80.0 cm³/mol. The Balaban J connectivity index is 2.04. The van der Waals surface area contributed by atoms with Crippen LogP contribution in [-0.2, 0) is 15.6 Å². The highest BCUT2D eigenvalue weighted by Gasteiger charge is 2.20. The van der Waals surface area contributed by atoms with E-state index in [1.807, 2.05) is 0 Å². The van der Waals surface area contributed by atoms with E-state index in [1.54, 1.807) is 0 Å². The Labute approximate surface area is 111 Å². The van der Waals surface area contributed by atoms with Gasteiger partial charge in [-0.05, 0) is 49.9 Å². The highest BCUT2D eigenvalue weighted by atomic mass is 32.2. The fraction of sp³-hybridized carbons (Fsp3) is 1.00. The predicted octanol–water partition coefficient (Wildman–Crippen LogP) is 4.16. The Kier molecular flexibility index (Phi) is 9.27. The quantitative estimate of drug-likeness (QED) is 0.446. The molecule has 0 bridgehead atoms. The molecule has 1 saturated heterocycles. The number of ether oxygens (including phenoxy) is 1. The number of rotatable bonds is 9. The highest BCUT2D eigenvalue weighted by Crippen LogP contribution is 2.17. The summed E-state index contributed by atoms with van der Waals surface area (Å²) >= 11 is 0. The highest BCUT2D eigenvalue weighted by molar-refractivity contribution is 7.96. The Hall–Kier alpha value is 0.310. The fourth-order valence-corrected chi connectivity index (χ4v) is 4.45. The maximum absolute atomic E-state index is 5.82. The molecule has 0 aromatic rings. The van der Waals surface area contributed by atoms with Crippen LogP contribution < -0.4 is 0 Å². The van der Waals surface area contributed by atoms with Gasteiger partial charge in [0.1, 0.15) is 17.3 Å². The average Bonchev–Trinajstić information content (AvgIpc) is 2.39. The number of hydrogen-bond donors (Lipinski definition) is 0. The zero-order valence-electron chi connectivity index (χ0n) is 11.9. The van der Waals surface area contributed by atoms with E-state index in [-0.39, 0.29) is 0 Å². The summed E-state index contributed by atoms with van der Waals surface area (Å²) in [6, 6.07) is 0. The molecular formula is C15H31OS+. The Morgan fingerprint density at radius 3 is 2.59 bits per heavy atom. The monoisotopic (exact) mass is 259 g/mol. The molecule has 102 valence electrons. The minimum atomic E-state index is 0.598. The summed E-state index contributed by atoms with van der Waals surface area (Å²) in [5, 5.41) is 0. The minimum Gasteiger partial charge on any atom is -0.378 e. The van der Waals surface area contributed by atoms with E-state index in [1.165, 1.54) is 68.6 Å². The lowest BCUT2D eigenvalue weighted by Crippen LogP contribution is -2.24. The summed E-state index contributed by atoms with van der Waals surface area (Å²) < 4.78 is 5.82. The second-order valence-electron chi connectivity index (χ2n) is 5.15. The molecule has 0 radical (unpaired) electrons. The molecule has 17 heavy (non-hydrogen) atoms. The van der Waals surface area contributed by atoms with E-state index in [0.29, 0.717) is 17.0 Å². The van der Waals surface area contributed by atoms with Crippen molar-refractivity contribution in [3.8, 4) is 0 Å². The molecule has 0 aromatic heterocycles. The van der Waals surface area contributed by atoms with Gasteiger partial charge in [-0.1, -0.05) is 19.8 Å². The van der Waals surface area contributed by atoms with Crippen molar-refractivity contribution in [2.75, 3.05) is 23.9 Å². The maximum atomic E-state index is 5.82. The van der Waals surface area contributed by atoms with Crippen LogP contribution in [0.2, 0.25) is 0 Å². The SMILES string of the molecule is CCCCCC[S+](CC)CCC1CCCCO1. The van der Waals surface area contributed by atoms with Crippen LogP contribution in [-0.4, -0.2) is 30.0 Å². The second-order valence-corrected chi connectivity index (χ2v) is 7.77. The lowest BCUT2D eigenvalue weighted by atomic mass is 10.1. The van der Waals surface area contributed by atoms with Crippen molar-refractivity contribution >= 4 is 10.9 Å². The summed E-state index contributed by atoms with van der Waals surface area (Å²) in [5.41, 5.74) is 0. The first kappa shape index (κ1) is 15.4. The zero-order valence-corrected chi connectivity index (χ0v) is 12.7. The van der Waals surface area contributed by atoms with Crippen molar-refractivity contribution in [1.82, 2.24) is 0 Å². The minimum absolute atomic E-state index is 0.598. The molecule has 0 saturated carbocycles. The molecule has 1 aliphatic rings. The van der Waals surface area contributed by atoms with E-state index in [9.17, 15) is 0 Å². The first-order chi connectivity index (χ1) is 8.36. The van der Waals surface area contributed by atoms with Gasteiger partial charge in [0.15, 0.2) is 0 Å². The molecule has 0 amide bonds. The largest absolute Gasteiger partial charge is 0.378 e. The molecule has 2 unspecified atom stereocenters. The van der Waals surface area contributed by atoms with Crippen molar-refractivity contribution in [1.29, 1.82) is 0 Å². The van der Waals surface area contributed by atoms with E-state index in [2.05, 4.69) is 13.8 Å². The first-order valence-corrected chi connectivity index (χ1v) is 9.35. The van der Waals surface area contributed by atoms with Crippen LogP contribution in [0.4, 0.5) is 0 Å². The Morgan fingerprint density at radius 2 is 1.94 bits per heavy atom. The van der Waals surface area contributed by atoms with Gasteiger partial charge in [0.25, 0.3) is 0 Å². The van der Waals surface area contributed by atoms with Crippen LogP contribution in [0.25, 0.3) is 0 Å². The van der Waals surface area contributed by atoms with Crippen LogP contribution in [0.1, 0.15) is 65.2 Å². The molecular weight excluding hydrogens is 228 g/mol. The van der Waals surface area contributed by atoms with Gasteiger partial charge in [0.2, 0.25) is 0 Å². The molecule has 2 atom stereocenters. The summed E-state index contributed by atoms with van der Waals surface area (Å²) in [7, 11) is 0.683. The van der Waals surface area contributed by atoms with Gasteiger partial charge in [-0.2, -0.15) is 0 Å². The van der Waals surface area contributed by atoms with Crippen LogP contribution >= 0.6 is 0 Å². The van der Waals surface area contributed by atoms with E-state index in [4.69, 9.17) is 4.74 Å². The third-order valence-corrected chi connectivity index (χ3v) is 6.19. The molecule has 0 spiro atoms. The fourth-order valence-electron chi connectivity index (χ4n) is 2.46. The average molecular weight is 259 g/mol. The van der Waals surface area contributed by atoms with Gasteiger partial charge in [-0.3, -0.25) is 0 Å². The van der Waals surface area contributed by atoms with Crippen molar-refractivity contribution in [2.45, 2.75) is 71.3 Å². The van der Waals surface area contributed by atoms with Crippen LogP contribution in [0.3, 0.4) is 0 Å². The molecule has 1 aliphatic heterocycles. The summed E-state index contributed by atoms with van der Waals surface area (Å²) in [6.45, 7) is 5.67. The van der Waals surface area contributed by atoms with E-state index < -0.39 is 0 Å². The van der Waals surface area contributed by atoms with E-state index >= 15 is 0 Å². The second kappa shape index (κ2) is 10.3. The van der Waals surface area contributed by atoms with Gasteiger partial charge in [-0.15, -0.1) is 0 Å². The van der Waals surface area contributed by atoms with Gasteiger partial charge >= 0.3 is 0 Å². The summed E-state index contributed by atoms with van der Waals surface area (Å²) in [4.78, 5) is 0. The third kappa shape index (κ3) is 7.35. The molecule has 1 heterocycles. The number of unbranched alkanes of at least 4 members (excludes halogenated alkanes) is 3. The van der Waals surface area contributed by atoms with Gasteiger partial charge in [0.05, 0.1) is 6.10 Å². The van der Waals surface area contributed by atoms with Crippen molar-refractivity contribution in [2.24, 2.45) is 0 Å². The molecule has 2 heteroatoms.